The van der Waals surface area contributed by atoms with Gasteiger partial charge in [-0.15, -0.1) is 0 Å². The van der Waals surface area contributed by atoms with Crippen molar-refractivity contribution in [1.82, 2.24) is 0 Å². The highest BCUT2D eigenvalue weighted by atomic mass is 16.8. The number of carboxylic acids is 1. The lowest BCUT2D eigenvalue weighted by atomic mass is 9.98. The molecule has 0 radical (unpaired) electrons. The average molecular weight is 356 g/mol. The van der Waals surface area contributed by atoms with Crippen LogP contribution in [0.15, 0.2) is 0 Å². The van der Waals surface area contributed by atoms with E-state index in [1.807, 2.05) is 0 Å². The Hall–Kier alpha value is -0.930. The van der Waals surface area contributed by atoms with Crippen molar-refractivity contribution in [2.75, 3.05) is 6.61 Å². The second kappa shape index (κ2) is 7.53. The number of carboxylic acid groups (broad SMARTS) is 1. The normalized spacial score (nSPS) is 49.8. The number of aliphatic hydroxyl groups is 7. The fraction of sp³-hybridized carbons (Fsp3) is 0.917. The molecule has 2 saturated heterocycles. The highest BCUT2D eigenvalue weighted by Crippen LogP contribution is 2.28. The summed E-state index contributed by atoms with van der Waals surface area (Å²) in [5.41, 5.74) is 0. The van der Waals surface area contributed by atoms with Gasteiger partial charge in [-0.05, 0) is 0 Å². The average Bonchev–Trinajstić information content (AvgIpc) is 2.55. The quantitative estimate of drug-likeness (QED) is 0.238. The Morgan fingerprint density at radius 1 is 0.792 bits per heavy atom. The Morgan fingerprint density at radius 3 is 1.79 bits per heavy atom. The topological polar surface area (TPSA) is 207 Å². The summed E-state index contributed by atoms with van der Waals surface area (Å²) in [5.74, 6) is -1.63. The molecule has 8 N–H and O–H groups in total. The minimum Gasteiger partial charge on any atom is -0.479 e. The summed E-state index contributed by atoms with van der Waals surface area (Å²) in [5, 5.41) is 76.1. The van der Waals surface area contributed by atoms with Crippen molar-refractivity contribution in [2.45, 2.75) is 61.4 Å². The molecule has 24 heavy (non-hydrogen) atoms. The van der Waals surface area contributed by atoms with E-state index in [0.29, 0.717) is 0 Å². The van der Waals surface area contributed by atoms with Crippen molar-refractivity contribution in [1.29, 1.82) is 0 Å². The van der Waals surface area contributed by atoms with Crippen LogP contribution in [0.25, 0.3) is 0 Å². The van der Waals surface area contributed by atoms with E-state index >= 15 is 0 Å². The molecule has 12 nitrogen and oxygen atoms in total. The molecular formula is C12H20O12. The zero-order valence-electron chi connectivity index (χ0n) is 12.2. The molecule has 0 aliphatic carbocycles. The van der Waals surface area contributed by atoms with E-state index in [1.54, 1.807) is 0 Å². The molecule has 0 amide bonds. The fourth-order valence-corrected chi connectivity index (χ4v) is 2.48. The van der Waals surface area contributed by atoms with Gasteiger partial charge in [-0.1, -0.05) is 0 Å². The van der Waals surface area contributed by atoms with E-state index in [0.717, 1.165) is 0 Å². The largest absolute Gasteiger partial charge is 0.479 e. The first-order valence-electron chi connectivity index (χ1n) is 7.07. The van der Waals surface area contributed by atoms with E-state index in [-0.39, 0.29) is 0 Å². The number of ether oxygens (including phenoxy) is 3. The number of aliphatic hydroxyl groups excluding tert-OH is 7. The highest BCUT2D eigenvalue weighted by molar-refractivity contribution is 5.73. The van der Waals surface area contributed by atoms with Crippen molar-refractivity contribution in [2.24, 2.45) is 0 Å². The Labute approximate surface area is 135 Å². The molecular weight excluding hydrogens is 336 g/mol. The molecule has 2 fully saturated rings. The molecule has 0 aromatic carbocycles. The van der Waals surface area contributed by atoms with Crippen LogP contribution in [0.1, 0.15) is 0 Å². The predicted molar refractivity (Wildman–Crippen MR) is 69.2 cm³/mol. The molecule has 0 spiro atoms. The van der Waals surface area contributed by atoms with E-state index in [1.165, 1.54) is 0 Å². The van der Waals surface area contributed by atoms with Crippen molar-refractivity contribution >= 4 is 5.97 Å². The van der Waals surface area contributed by atoms with Crippen molar-refractivity contribution in [3.63, 3.8) is 0 Å². The van der Waals surface area contributed by atoms with E-state index < -0.39 is 74.0 Å². The van der Waals surface area contributed by atoms with Gasteiger partial charge in [-0.25, -0.2) is 4.79 Å². The number of carbonyl (C=O) groups is 1. The first kappa shape index (κ1) is 19.4. The molecule has 2 heterocycles. The molecule has 0 bridgehead atoms. The van der Waals surface area contributed by atoms with Crippen molar-refractivity contribution in [3.8, 4) is 0 Å². The van der Waals surface area contributed by atoms with Gasteiger partial charge in [0, 0.05) is 0 Å². The van der Waals surface area contributed by atoms with Gasteiger partial charge >= 0.3 is 5.97 Å². The van der Waals surface area contributed by atoms with Crippen LogP contribution in [0.2, 0.25) is 0 Å². The standard InChI is InChI=1S/C12H20O12/c13-1-2-3(14)4(15)7(18)11(22-2)24-12-8(19)5(16)6(17)9(23-12)10(20)21/h2-9,11-19H,1H2,(H,20,21)/t2-,3+,4+,5+,6+,7-,8-,9+,11?,12?/m1/s1. The Balaban J connectivity index is 2.11. The lowest BCUT2D eigenvalue weighted by Gasteiger charge is -2.44. The van der Waals surface area contributed by atoms with Crippen molar-refractivity contribution < 1.29 is 59.9 Å². The molecule has 2 aliphatic heterocycles. The van der Waals surface area contributed by atoms with Gasteiger partial charge in [0.2, 0.25) is 0 Å². The van der Waals surface area contributed by atoms with E-state index in [2.05, 4.69) is 0 Å². The van der Waals surface area contributed by atoms with Gasteiger partial charge in [0.1, 0.15) is 42.7 Å². The second-order valence-corrected chi connectivity index (χ2v) is 5.57. The third-order valence-electron chi connectivity index (χ3n) is 3.93. The van der Waals surface area contributed by atoms with Crippen LogP contribution in [0.3, 0.4) is 0 Å². The second-order valence-electron chi connectivity index (χ2n) is 5.57. The fourth-order valence-electron chi connectivity index (χ4n) is 2.48. The number of hydrogen-bond acceptors (Lipinski definition) is 11. The molecule has 0 saturated carbocycles. The summed E-state index contributed by atoms with van der Waals surface area (Å²) in [4.78, 5) is 11.0. The molecule has 12 heteroatoms. The molecule has 2 rings (SSSR count). The van der Waals surface area contributed by atoms with Crippen LogP contribution >= 0.6 is 0 Å². The van der Waals surface area contributed by atoms with Crippen LogP contribution in [0.5, 0.6) is 0 Å². The maximum Gasteiger partial charge on any atom is 0.335 e. The minimum atomic E-state index is -1.92. The zero-order valence-corrected chi connectivity index (χ0v) is 12.2. The van der Waals surface area contributed by atoms with Crippen LogP contribution in [0, 0.1) is 0 Å². The molecule has 2 unspecified atom stereocenters. The minimum absolute atomic E-state index is 0.724. The van der Waals surface area contributed by atoms with Gasteiger partial charge in [0.05, 0.1) is 6.61 Å². The van der Waals surface area contributed by atoms with Crippen LogP contribution in [-0.4, -0.2) is 115 Å². The van der Waals surface area contributed by atoms with Gasteiger partial charge in [-0.3, -0.25) is 0 Å². The van der Waals surface area contributed by atoms with Crippen LogP contribution in [0.4, 0.5) is 0 Å². The summed E-state index contributed by atoms with van der Waals surface area (Å²) in [6.45, 7) is -0.724. The monoisotopic (exact) mass is 356 g/mol. The SMILES string of the molecule is O=C(O)[C@H]1OC(OC2O[C@H](CO)[C@H](O)[C@H](O)[C@H]2O)[C@H](O)[C@@H](O)[C@@H]1O. The van der Waals surface area contributed by atoms with Gasteiger partial charge in [-0.2, -0.15) is 0 Å². The lowest BCUT2D eigenvalue weighted by Crippen LogP contribution is -2.64. The summed E-state index contributed by atoms with van der Waals surface area (Å²) in [7, 11) is 0. The maximum absolute atomic E-state index is 11.0. The zero-order chi connectivity index (χ0) is 18.2. The Morgan fingerprint density at radius 2 is 1.29 bits per heavy atom. The molecule has 10 atom stereocenters. The third kappa shape index (κ3) is 3.52. The summed E-state index contributed by atoms with van der Waals surface area (Å²) >= 11 is 0. The Kier molecular flexibility index (Phi) is 6.09. The summed E-state index contributed by atoms with van der Waals surface area (Å²) in [6, 6.07) is 0. The van der Waals surface area contributed by atoms with E-state index in [4.69, 9.17) is 24.4 Å². The number of aliphatic carboxylic acids is 1. The van der Waals surface area contributed by atoms with Gasteiger partial charge in [0.25, 0.3) is 0 Å². The summed E-state index contributed by atoms with van der Waals surface area (Å²) < 4.78 is 14.9. The van der Waals surface area contributed by atoms with Gasteiger partial charge < -0.3 is 55.1 Å². The molecule has 0 aromatic heterocycles. The Bertz CT molecular complexity index is 444. The van der Waals surface area contributed by atoms with Crippen LogP contribution < -0.4 is 0 Å². The van der Waals surface area contributed by atoms with Crippen molar-refractivity contribution in [3.05, 3.63) is 0 Å². The first-order valence-corrected chi connectivity index (χ1v) is 7.07. The summed E-state index contributed by atoms with van der Waals surface area (Å²) in [6.07, 6.45) is -17.7. The smallest absolute Gasteiger partial charge is 0.335 e. The molecule has 2 aliphatic rings. The number of hydrogen-bond donors (Lipinski definition) is 8. The lowest BCUT2D eigenvalue weighted by molar-refractivity contribution is -0.372. The van der Waals surface area contributed by atoms with Gasteiger partial charge in [0.15, 0.2) is 18.7 Å². The molecule has 0 aromatic rings. The molecule has 140 valence electrons. The van der Waals surface area contributed by atoms with Crippen LogP contribution in [-0.2, 0) is 19.0 Å². The predicted octanol–water partition coefficient (Wildman–Crippen LogP) is -5.30. The van der Waals surface area contributed by atoms with E-state index in [9.17, 15) is 35.4 Å². The third-order valence-corrected chi connectivity index (χ3v) is 3.93. The maximum atomic E-state index is 11.0. The number of rotatable bonds is 4. The highest BCUT2D eigenvalue weighted by Gasteiger charge is 2.51. The first-order chi connectivity index (χ1) is 11.2.